The molecule has 10 heteroatoms. The molecule has 4 rings (SSSR count). The number of nitrogens with zero attached hydrogens (tertiary/aromatic N) is 3. The van der Waals surface area contributed by atoms with Gasteiger partial charge in [0.2, 0.25) is 0 Å². The standard InChI is InChI=1S/C16H16N4O5S/c1-7-2-4-8(5-3-7)26-13-9-12(18-16(24)19-13)20(6-17-9)14-10(21)11(22)15(23)25-14/h2-6,10-11,14-15,21-23H,1H3,(H,18,19,24)/t10?,11-,14?,15+/m1/s1. The molecule has 0 spiro atoms. The summed E-state index contributed by atoms with van der Waals surface area (Å²) in [5.74, 6) is 0. The molecule has 1 aliphatic rings. The van der Waals surface area contributed by atoms with Gasteiger partial charge in [-0.1, -0.05) is 29.5 Å². The van der Waals surface area contributed by atoms with Crippen LogP contribution in [-0.2, 0) is 4.74 Å². The summed E-state index contributed by atoms with van der Waals surface area (Å²) < 4.78 is 6.54. The Kier molecular flexibility index (Phi) is 4.29. The second-order valence-electron chi connectivity index (χ2n) is 6.01. The van der Waals surface area contributed by atoms with E-state index in [1.807, 2.05) is 31.2 Å². The number of H-pyrrole nitrogens is 1. The van der Waals surface area contributed by atoms with Crippen molar-refractivity contribution in [2.24, 2.45) is 0 Å². The van der Waals surface area contributed by atoms with Gasteiger partial charge < -0.3 is 20.1 Å². The minimum atomic E-state index is -1.53. The zero-order valence-electron chi connectivity index (χ0n) is 13.6. The maximum absolute atomic E-state index is 12.0. The van der Waals surface area contributed by atoms with E-state index >= 15 is 0 Å². The number of aryl methyl sites for hydroxylation is 1. The van der Waals surface area contributed by atoms with Crippen molar-refractivity contribution < 1.29 is 20.1 Å². The number of nitrogens with one attached hydrogen (secondary N) is 1. The van der Waals surface area contributed by atoms with Gasteiger partial charge in [-0.15, -0.1) is 0 Å². The molecule has 136 valence electrons. The number of aromatic nitrogens is 4. The van der Waals surface area contributed by atoms with Crippen LogP contribution in [0.4, 0.5) is 0 Å². The molecule has 1 aromatic carbocycles. The molecule has 1 aliphatic heterocycles. The van der Waals surface area contributed by atoms with E-state index in [1.54, 1.807) is 0 Å². The van der Waals surface area contributed by atoms with Crippen molar-refractivity contribution in [1.29, 1.82) is 0 Å². The predicted octanol–water partition coefficient (Wildman–Crippen LogP) is 0.148. The van der Waals surface area contributed by atoms with Gasteiger partial charge >= 0.3 is 5.69 Å². The molecule has 9 nitrogen and oxygen atoms in total. The summed E-state index contributed by atoms with van der Waals surface area (Å²) in [7, 11) is 0. The Morgan fingerprint density at radius 1 is 1.19 bits per heavy atom. The minimum Gasteiger partial charge on any atom is -0.385 e. The topological polar surface area (TPSA) is 133 Å². The van der Waals surface area contributed by atoms with Gasteiger partial charge in [0.15, 0.2) is 12.5 Å². The van der Waals surface area contributed by atoms with Crippen LogP contribution in [0.2, 0.25) is 0 Å². The van der Waals surface area contributed by atoms with Crippen LogP contribution in [0.15, 0.2) is 45.3 Å². The van der Waals surface area contributed by atoms with E-state index in [-0.39, 0.29) is 5.65 Å². The van der Waals surface area contributed by atoms with Gasteiger partial charge in [-0.25, -0.2) is 9.78 Å². The zero-order valence-corrected chi connectivity index (χ0v) is 14.4. The molecule has 2 unspecified atom stereocenters. The number of benzene rings is 1. The second-order valence-corrected chi connectivity index (χ2v) is 7.07. The second kappa shape index (κ2) is 6.49. The number of hydrogen-bond donors (Lipinski definition) is 4. The lowest BCUT2D eigenvalue weighted by Crippen LogP contribution is -2.31. The number of fused-ring (bicyclic) bond motifs is 1. The van der Waals surface area contributed by atoms with E-state index in [0.717, 1.165) is 10.5 Å². The summed E-state index contributed by atoms with van der Waals surface area (Å²) in [6.45, 7) is 1.98. The fourth-order valence-electron chi connectivity index (χ4n) is 2.77. The molecule has 3 aromatic rings. The first-order valence-corrected chi connectivity index (χ1v) is 8.67. The van der Waals surface area contributed by atoms with E-state index in [1.165, 1.54) is 22.7 Å². The van der Waals surface area contributed by atoms with Gasteiger partial charge in [0.05, 0.1) is 6.33 Å². The average Bonchev–Trinajstić information content (AvgIpc) is 3.13. The molecule has 1 saturated heterocycles. The van der Waals surface area contributed by atoms with Gasteiger partial charge in [0.1, 0.15) is 28.4 Å². The fraction of sp³-hybridized carbons (Fsp3) is 0.312. The normalized spacial score (nSPS) is 25.8. The van der Waals surface area contributed by atoms with Gasteiger partial charge in [-0.05, 0) is 19.1 Å². The van der Waals surface area contributed by atoms with Crippen LogP contribution in [-0.4, -0.2) is 53.3 Å². The Morgan fingerprint density at radius 3 is 2.58 bits per heavy atom. The van der Waals surface area contributed by atoms with Crippen LogP contribution in [0.25, 0.3) is 11.2 Å². The summed E-state index contributed by atoms with van der Waals surface area (Å²) in [4.78, 5) is 23.7. The van der Waals surface area contributed by atoms with Crippen LogP contribution in [0.3, 0.4) is 0 Å². The van der Waals surface area contributed by atoms with Crippen LogP contribution < -0.4 is 5.69 Å². The fourth-order valence-corrected chi connectivity index (χ4v) is 3.64. The average molecular weight is 376 g/mol. The number of imidazole rings is 1. The smallest absolute Gasteiger partial charge is 0.347 e. The van der Waals surface area contributed by atoms with Crippen LogP contribution >= 0.6 is 11.8 Å². The van der Waals surface area contributed by atoms with E-state index in [4.69, 9.17) is 4.74 Å². The first kappa shape index (κ1) is 17.2. The Bertz CT molecular complexity index is 1000. The first-order valence-electron chi connectivity index (χ1n) is 7.85. The van der Waals surface area contributed by atoms with Crippen LogP contribution in [0.5, 0.6) is 0 Å². The number of rotatable bonds is 3. The van der Waals surface area contributed by atoms with E-state index in [2.05, 4.69) is 15.0 Å². The highest BCUT2D eigenvalue weighted by atomic mass is 32.2. The third-order valence-electron chi connectivity index (χ3n) is 4.15. The largest absolute Gasteiger partial charge is 0.385 e. The van der Waals surface area contributed by atoms with Crippen molar-refractivity contribution in [1.82, 2.24) is 19.5 Å². The number of hydrogen-bond acceptors (Lipinski definition) is 8. The summed E-state index contributed by atoms with van der Waals surface area (Å²) in [6, 6.07) is 7.75. The molecule has 2 aromatic heterocycles. The quantitative estimate of drug-likeness (QED) is 0.475. The highest BCUT2D eigenvalue weighted by Gasteiger charge is 2.43. The molecule has 1 fully saturated rings. The summed E-state index contributed by atoms with van der Waals surface area (Å²) >= 11 is 1.29. The van der Waals surface area contributed by atoms with Crippen molar-refractivity contribution in [3.05, 3.63) is 46.6 Å². The highest BCUT2D eigenvalue weighted by Crippen LogP contribution is 2.33. The molecule has 4 N–H and O–H groups in total. The van der Waals surface area contributed by atoms with Crippen molar-refractivity contribution in [2.45, 2.75) is 41.6 Å². The third-order valence-corrected chi connectivity index (χ3v) is 5.13. The maximum Gasteiger partial charge on any atom is 0.347 e. The van der Waals surface area contributed by atoms with Crippen molar-refractivity contribution in [3.8, 4) is 0 Å². The molecule has 0 amide bonds. The van der Waals surface area contributed by atoms with Gasteiger partial charge in [0, 0.05) is 4.90 Å². The number of ether oxygens (including phenoxy) is 1. The van der Waals surface area contributed by atoms with E-state index in [0.29, 0.717) is 10.5 Å². The lowest BCUT2D eigenvalue weighted by Gasteiger charge is -2.16. The van der Waals surface area contributed by atoms with Crippen molar-refractivity contribution in [3.63, 3.8) is 0 Å². The van der Waals surface area contributed by atoms with Crippen LogP contribution in [0.1, 0.15) is 11.8 Å². The first-order chi connectivity index (χ1) is 12.4. The lowest BCUT2D eigenvalue weighted by molar-refractivity contribution is -0.141. The third kappa shape index (κ3) is 2.91. The predicted molar refractivity (Wildman–Crippen MR) is 91.6 cm³/mol. The monoisotopic (exact) mass is 376 g/mol. The number of aliphatic hydroxyl groups is 3. The molecule has 4 atom stereocenters. The number of aliphatic hydroxyl groups excluding tert-OH is 3. The number of aromatic amines is 1. The summed E-state index contributed by atoms with van der Waals surface area (Å²) in [5, 5.41) is 29.7. The van der Waals surface area contributed by atoms with Gasteiger partial charge in [0.25, 0.3) is 0 Å². The highest BCUT2D eigenvalue weighted by molar-refractivity contribution is 7.99. The van der Waals surface area contributed by atoms with Crippen molar-refractivity contribution in [2.75, 3.05) is 0 Å². The zero-order chi connectivity index (χ0) is 18.4. The molecule has 0 radical (unpaired) electrons. The Morgan fingerprint density at radius 2 is 1.92 bits per heavy atom. The molecular weight excluding hydrogens is 360 g/mol. The molecule has 3 heterocycles. The van der Waals surface area contributed by atoms with Crippen molar-refractivity contribution >= 4 is 22.9 Å². The SMILES string of the molecule is Cc1ccc(Sc2nc(=O)[nH]c3c2ncn3C2O[C@H](O)[C@H](O)C2O)cc1. The maximum atomic E-state index is 12.0. The summed E-state index contributed by atoms with van der Waals surface area (Å²) in [6.07, 6.45) is -4.07. The van der Waals surface area contributed by atoms with Gasteiger partial charge in [-0.2, -0.15) is 4.98 Å². The van der Waals surface area contributed by atoms with Gasteiger partial charge in [-0.3, -0.25) is 9.55 Å². The lowest BCUT2D eigenvalue weighted by atomic mass is 10.2. The Hall–Kier alpha value is -2.24. The van der Waals surface area contributed by atoms with Crippen LogP contribution in [0, 0.1) is 6.92 Å². The molecule has 0 aliphatic carbocycles. The molecular formula is C16H16N4O5S. The molecule has 26 heavy (non-hydrogen) atoms. The minimum absolute atomic E-state index is 0.282. The Balaban J connectivity index is 1.76. The molecule has 0 bridgehead atoms. The van der Waals surface area contributed by atoms with E-state index in [9.17, 15) is 20.1 Å². The summed E-state index contributed by atoms with van der Waals surface area (Å²) in [5.41, 5.74) is 1.24. The van der Waals surface area contributed by atoms with E-state index < -0.39 is 30.4 Å². The molecule has 0 saturated carbocycles. The Labute approximate surface area is 151 Å².